The van der Waals surface area contributed by atoms with Crippen molar-refractivity contribution in [1.82, 2.24) is 10.3 Å². The molecule has 0 saturated carbocycles. The van der Waals surface area contributed by atoms with Crippen LogP contribution in [0.2, 0.25) is 0 Å². The van der Waals surface area contributed by atoms with E-state index in [-0.39, 0.29) is 30.2 Å². The second kappa shape index (κ2) is 8.80. The molecule has 0 aliphatic heterocycles. The zero-order valence-corrected chi connectivity index (χ0v) is 15.1. The van der Waals surface area contributed by atoms with E-state index in [0.29, 0.717) is 13.0 Å². The molecule has 1 amide bonds. The molecule has 0 saturated heterocycles. The fourth-order valence-corrected chi connectivity index (χ4v) is 3.33. The molecule has 0 spiro atoms. The first-order valence-corrected chi connectivity index (χ1v) is 9.06. The highest BCUT2D eigenvalue weighted by Gasteiger charge is 2.17. The molecule has 24 heavy (non-hydrogen) atoms. The molecule has 2 N–H and O–H groups in total. The quantitative estimate of drug-likeness (QED) is 0.762. The number of phenols is 1. The van der Waals surface area contributed by atoms with E-state index >= 15 is 0 Å². The number of para-hydroxylation sites is 1. The van der Waals surface area contributed by atoms with Crippen molar-refractivity contribution in [3.63, 3.8) is 0 Å². The lowest BCUT2D eigenvalue weighted by molar-refractivity contribution is -0.121. The molecule has 1 aromatic heterocycles. The fraction of sp³-hybridized carbons (Fsp3) is 0.444. The molecule has 1 heterocycles. The summed E-state index contributed by atoms with van der Waals surface area (Å²) in [6, 6.07) is 6.87. The number of aromatic hydroxyl groups is 1. The summed E-state index contributed by atoms with van der Waals surface area (Å²) in [6.07, 6.45) is 0.869. The van der Waals surface area contributed by atoms with E-state index in [2.05, 4.69) is 10.3 Å². The lowest BCUT2D eigenvalue weighted by atomic mass is 10.0. The van der Waals surface area contributed by atoms with Crippen LogP contribution in [-0.4, -0.2) is 22.6 Å². The van der Waals surface area contributed by atoms with Gasteiger partial charge in [-0.15, -0.1) is 11.3 Å². The molecule has 0 fully saturated rings. The average Bonchev–Trinajstić information content (AvgIpc) is 3.02. The van der Waals surface area contributed by atoms with Crippen molar-refractivity contribution in [2.24, 2.45) is 0 Å². The van der Waals surface area contributed by atoms with Gasteiger partial charge in [0, 0.05) is 17.6 Å². The molecule has 2 atom stereocenters. The van der Waals surface area contributed by atoms with Crippen LogP contribution in [0.3, 0.4) is 0 Å². The summed E-state index contributed by atoms with van der Waals surface area (Å²) >= 11 is 1.51. The van der Waals surface area contributed by atoms with E-state index in [1.165, 1.54) is 11.3 Å². The van der Waals surface area contributed by atoms with E-state index in [4.69, 9.17) is 4.74 Å². The van der Waals surface area contributed by atoms with Crippen LogP contribution in [0.25, 0.3) is 0 Å². The van der Waals surface area contributed by atoms with Gasteiger partial charge in [-0.05, 0) is 26.3 Å². The van der Waals surface area contributed by atoms with E-state index in [1.807, 2.05) is 38.3 Å². The monoisotopic (exact) mass is 348 g/mol. The summed E-state index contributed by atoms with van der Waals surface area (Å²) in [4.78, 5) is 16.8. The van der Waals surface area contributed by atoms with Crippen molar-refractivity contribution in [3.8, 4) is 5.75 Å². The van der Waals surface area contributed by atoms with Gasteiger partial charge in [-0.25, -0.2) is 4.98 Å². The highest BCUT2D eigenvalue weighted by molar-refractivity contribution is 7.09. The molecule has 5 nitrogen and oxygen atoms in total. The van der Waals surface area contributed by atoms with Crippen molar-refractivity contribution in [3.05, 3.63) is 45.9 Å². The fourth-order valence-electron chi connectivity index (χ4n) is 2.50. The van der Waals surface area contributed by atoms with E-state index in [0.717, 1.165) is 16.3 Å². The van der Waals surface area contributed by atoms with Crippen molar-refractivity contribution >= 4 is 17.2 Å². The summed E-state index contributed by atoms with van der Waals surface area (Å²) < 4.78 is 5.52. The number of carbonyl (C=O) groups excluding carboxylic acids is 1. The summed E-state index contributed by atoms with van der Waals surface area (Å²) in [7, 11) is 0. The number of aromatic nitrogens is 1. The number of carbonyl (C=O) groups is 1. The maximum absolute atomic E-state index is 12.3. The summed E-state index contributed by atoms with van der Waals surface area (Å²) in [6.45, 7) is 6.51. The van der Waals surface area contributed by atoms with Crippen LogP contribution in [0.5, 0.6) is 5.75 Å². The number of amides is 1. The van der Waals surface area contributed by atoms with Crippen LogP contribution in [0.1, 0.15) is 55.6 Å². The van der Waals surface area contributed by atoms with Gasteiger partial charge in [0.05, 0.1) is 18.2 Å². The zero-order chi connectivity index (χ0) is 17.5. The SMILES string of the molecule is CCOC(C)c1nc(CC(=O)NC(CC)c2ccccc2O)cs1. The zero-order valence-electron chi connectivity index (χ0n) is 14.3. The number of ether oxygens (including phenoxy) is 1. The van der Waals surface area contributed by atoms with Gasteiger partial charge in [-0.1, -0.05) is 25.1 Å². The molecule has 2 rings (SSSR count). The molecule has 6 heteroatoms. The number of hydrogen-bond donors (Lipinski definition) is 2. The maximum atomic E-state index is 12.3. The number of thiazole rings is 1. The third-order valence-corrected chi connectivity index (χ3v) is 4.79. The Morgan fingerprint density at radius 2 is 2.12 bits per heavy atom. The van der Waals surface area contributed by atoms with Crippen LogP contribution >= 0.6 is 11.3 Å². The second-order valence-electron chi connectivity index (χ2n) is 5.54. The van der Waals surface area contributed by atoms with Crippen LogP contribution in [0.4, 0.5) is 0 Å². The standard InChI is InChI=1S/C18H24N2O3S/c1-4-15(14-8-6-7-9-16(14)21)20-17(22)10-13-11-24-18(19-13)12(3)23-5-2/h6-9,11-12,15,21H,4-5,10H2,1-3H3,(H,20,22). The van der Waals surface area contributed by atoms with Crippen molar-refractivity contribution in [2.45, 2.75) is 45.8 Å². The minimum Gasteiger partial charge on any atom is -0.508 e. The molecular formula is C18H24N2O3S. The number of hydrogen-bond acceptors (Lipinski definition) is 5. The van der Waals surface area contributed by atoms with Crippen LogP contribution in [0, 0.1) is 0 Å². The minimum absolute atomic E-state index is 0.0542. The molecule has 0 aliphatic rings. The number of rotatable bonds is 8. The Morgan fingerprint density at radius 1 is 1.38 bits per heavy atom. The Morgan fingerprint density at radius 3 is 2.79 bits per heavy atom. The highest BCUT2D eigenvalue weighted by atomic mass is 32.1. The van der Waals surface area contributed by atoms with Gasteiger partial charge in [-0.3, -0.25) is 4.79 Å². The van der Waals surface area contributed by atoms with E-state index < -0.39 is 0 Å². The first-order valence-electron chi connectivity index (χ1n) is 8.18. The highest BCUT2D eigenvalue weighted by Crippen LogP contribution is 2.26. The second-order valence-corrected chi connectivity index (χ2v) is 6.43. The van der Waals surface area contributed by atoms with Gasteiger partial charge in [-0.2, -0.15) is 0 Å². The third-order valence-electron chi connectivity index (χ3n) is 3.73. The number of phenolic OH excluding ortho intramolecular Hbond substituents is 1. The number of nitrogens with one attached hydrogen (secondary N) is 1. The predicted octanol–water partition coefficient (Wildman–Crippen LogP) is 3.76. The predicted molar refractivity (Wildman–Crippen MR) is 95.1 cm³/mol. The van der Waals surface area contributed by atoms with Gasteiger partial charge in [0.1, 0.15) is 16.9 Å². The van der Waals surface area contributed by atoms with Gasteiger partial charge in [0.25, 0.3) is 0 Å². The first kappa shape index (κ1) is 18.4. The lowest BCUT2D eigenvalue weighted by Gasteiger charge is -2.18. The molecule has 0 radical (unpaired) electrons. The third kappa shape index (κ3) is 4.79. The minimum atomic E-state index is -0.209. The topological polar surface area (TPSA) is 71.5 Å². The Hall–Kier alpha value is -1.92. The molecule has 1 aromatic carbocycles. The molecule has 2 aromatic rings. The maximum Gasteiger partial charge on any atom is 0.226 e. The molecular weight excluding hydrogens is 324 g/mol. The van der Waals surface area contributed by atoms with Crippen LogP contribution in [-0.2, 0) is 16.0 Å². The molecule has 2 unspecified atom stereocenters. The van der Waals surface area contributed by atoms with Crippen LogP contribution < -0.4 is 5.32 Å². The van der Waals surface area contributed by atoms with Crippen LogP contribution in [0.15, 0.2) is 29.6 Å². The van der Waals surface area contributed by atoms with E-state index in [9.17, 15) is 9.90 Å². The van der Waals surface area contributed by atoms with Gasteiger partial charge >= 0.3 is 0 Å². The summed E-state index contributed by atoms with van der Waals surface area (Å²) in [5.41, 5.74) is 1.48. The van der Waals surface area contributed by atoms with Gasteiger partial charge in [0.15, 0.2) is 0 Å². The summed E-state index contributed by atoms with van der Waals surface area (Å²) in [5, 5.41) is 15.7. The molecule has 130 valence electrons. The number of nitrogens with zero attached hydrogens (tertiary/aromatic N) is 1. The number of benzene rings is 1. The molecule has 0 bridgehead atoms. The largest absolute Gasteiger partial charge is 0.508 e. The van der Waals surface area contributed by atoms with Crippen molar-refractivity contribution in [1.29, 1.82) is 0 Å². The van der Waals surface area contributed by atoms with Gasteiger partial charge < -0.3 is 15.2 Å². The summed E-state index contributed by atoms with van der Waals surface area (Å²) in [5.74, 6) is 0.0946. The van der Waals surface area contributed by atoms with Crippen molar-refractivity contribution in [2.75, 3.05) is 6.61 Å². The smallest absolute Gasteiger partial charge is 0.226 e. The lowest BCUT2D eigenvalue weighted by Crippen LogP contribution is -2.29. The Balaban J connectivity index is 1.98. The Kier molecular flexibility index (Phi) is 6.75. The van der Waals surface area contributed by atoms with Gasteiger partial charge in [0.2, 0.25) is 5.91 Å². The average molecular weight is 348 g/mol. The normalized spacial score (nSPS) is 13.5. The Bertz CT molecular complexity index is 672. The molecule has 0 aliphatic carbocycles. The van der Waals surface area contributed by atoms with E-state index in [1.54, 1.807) is 12.1 Å². The Labute approximate surface area is 146 Å². The van der Waals surface area contributed by atoms with Crippen molar-refractivity contribution < 1.29 is 14.6 Å². The first-order chi connectivity index (χ1) is 11.5.